The zero-order chi connectivity index (χ0) is 14.1. The van der Waals surface area contributed by atoms with Gasteiger partial charge in [-0.25, -0.2) is 0 Å². The van der Waals surface area contributed by atoms with Crippen LogP contribution in [-0.2, 0) is 16.0 Å². The third-order valence-electron chi connectivity index (χ3n) is 2.35. The van der Waals surface area contributed by atoms with Crippen LogP contribution >= 0.6 is 23.4 Å². The van der Waals surface area contributed by atoms with E-state index >= 15 is 0 Å². The summed E-state index contributed by atoms with van der Waals surface area (Å²) in [5.41, 5.74) is 1.07. The van der Waals surface area contributed by atoms with Gasteiger partial charge in [0.2, 0.25) is 5.91 Å². The number of hydrogen-bond acceptors (Lipinski definition) is 3. The third kappa shape index (κ3) is 7.74. The van der Waals surface area contributed by atoms with E-state index in [1.165, 1.54) is 11.8 Å². The van der Waals surface area contributed by atoms with E-state index in [1.807, 2.05) is 12.1 Å². The lowest BCUT2D eigenvalue weighted by molar-refractivity contribution is -0.133. The smallest absolute Gasteiger partial charge is 0.313 e. The SMILES string of the molecule is O=C(O)CSCCNC(=O)CCc1ccc(Cl)cc1. The topological polar surface area (TPSA) is 66.4 Å². The lowest BCUT2D eigenvalue weighted by Crippen LogP contribution is -2.26. The zero-order valence-electron chi connectivity index (χ0n) is 10.4. The fourth-order valence-electron chi connectivity index (χ4n) is 1.42. The first-order chi connectivity index (χ1) is 9.08. The monoisotopic (exact) mass is 301 g/mol. The van der Waals surface area contributed by atoms with E-state index in [0.29, 0.717) is 30.2 Å². The molecule has 0 fully saturated rings. The first-order valence-electron chi connectivity index (χ1n) is 5.88. The van der Waals surface area contributed by atoms with Crippen LogP contribution in [0.25, 0.3) is 0 Å². The normalized spacial score (nSPS) is 10.2. The molecule has 1 aromatic rings. The van der Waals surface area contributed by atoms with Crippen molar-refractivity contribution in [2.24, 2.45) is 0 Å². The minimum atomic E-state index is -0.834. The number of carboxylic acid groups (broad SMARTS) is 1. The summed E-state index contributed by atoms with van der Waals surface area (Å²) >= 11 is 7.06. The van der Waals surface area contributed by atoms with Crippen molar-refractivity contribution in [2.75, 3.05) is 18.1 Å². The van der Waals surface area contributed by atoms with Crippen molar-refractivity contribution in [3.63, 3.8) is 0 Å². The van der Waals surface area contributed by atoms with Crippen LogP contribution in [0.1, 0.15) is 12.0 Å². The molecule has 4 nitrogen and oxygen atoms in total. The standard InChI is InChI=1S/C13H16ClNO3S/c14-11-4-1-10(2-5-11)3-6-12(16)15-7-8-19-9-13(17)18/h1-2,4-5H,3,6-9H2,(H,15,16)(H,17,18). The van der Waals surface area contributed by atoms with Crippen LogP contribution in [0.15, 0.2) is 24.3 Å². The number of carbonyl (C=O) groups excluding carboxylic acids is 1. The van der Waals surface area contributed by atoms with Crippen LogP contribution < -0.4 is 5.32 Å². The molecule has 0 saturated carbocycles. The molecule has 1 rings (SSSR count). The lowest BCUT2D eigenvalue weighted by Gasteiger charge is -2.05. The number of amides is 1. The maximum absolute atomic E-state index is 11.5. The molecule has 1 amide bonds. The number of benzene rings is 1. The summed E-state index contributed by atoms with van der Waals surface area (Å²) in [5, 5.41) is 11.9. The molecular formula is C13H16ClNO3S. The van der Waals surface area contributed by atoms with Gasteiger partial charge in [-0.3, -0.25) is 9.59 Å². The molecule has 1 aromatic carbocycles. The largest absolute Gasteiger partial charge is 0.481 e. The fraction of sp³-hybridized carbons (Fsp3) is 0.385. The average Bonchev–Trinajstić information content (AvgIpc) is 2.37. The molecule has 0 saturated heterocycles. The van der Waals surface area contributed by atoms with Crippen LogP contribution in [0, 0.1) is 0 Å². The van der Waals surface area contributed by atoms with Gasteiger partial charge in [-0.15, -0.1) is 11.8 Å². The van der Waals surface area contributed by atoms with Gasteiger partial charge in [0.1, 0.15) is 0 Å². The summed E-state index contributed by atoms with van der Waals surface area (Å²) in [6, 6.07) is 7.41. The van der Waals surface area contributed by atoms with Gasteiger partial charge in [0.25, 0.3) is 0 Å². The van der Waals surface area contributed by atoms with Crippen LogP contribution in [0.5, 0.6) is 0 Å². The highest BCUT2D eigenvalue weighted by Gasteiger charge is 2.02. The van der Waals surface area contributed by atoms with Gasteiger partial charge in [0.15, 0.2) is 0 Å². The van der Waals surface area contributed by atoms with Crippen molar-refractivity contribution < 1.29 is 14.7 Å². The molecule has 19 heavy (non-hydrogen) atoms. The van der Waals surface area contributed by atoms with Crippen LogP contribution in [0.4, 0.5) is 0 Å². The second-order valence-corrected chi connectivity index (χ2v) is 5.46. The van der Waals surface area contributed by atoms with E-state index in [4.69, 9.17) is 16.7 Å². The Morgan fingerprint density at radius 2 is 1.95 bits per heavy atom. The zero-order valence-corrected chi connectivity index (χ0v) is 12.0. The molecule has 0 atom stereocenters. The summed E-state index contributed by atoms with van der Waals surface area (Å²) in [5.74, 6) is -0.176. The van der Waals surface area contributed by atoms with Gasteiger partial charge < -0.3 is 10.4 Å². The molecule has 0 unspecified atom stereocenters. The van der Waals surface area contributed by atoms with Crippen molar-refractivity contribution in [3.05, 3.63) is 34.9 Å². The van der Waals surface area contributed by atoms with Gasteiger partial charge in [-0.2, -0.15) is 0 Å². The summed E-state index contributed by atoms with van der Waals surface area (Å²) in [6.07, 6.45) is 1.09. The van der Waals surface area contributed by atoms with E-state index in [0.717, 1.165) is 5.56 Å². The number of carbonyl (C=O) groups is 2. The van der Waals surface area contributed by atoms with E-state index < -0.39 is 5.97 Å². The van der Waals surface area contributed by atoms with Crippen LogP contribution in [0.2, 0.25) is 5.02 Å². The summed E-state index contributed by atoms with van der Waals surface area (Å²) in [7, 11) is 0. The number of rotatable bonds is 8. The second-order valence-electron chi connectivity index (χ2n) is 3.92. The maximum Gasteiger partial charge on any atom is 0.313 e. The van der Waals surface area contributed by atoms with E-state index in [2.05, 4.69) is 5.32 Å². The summed E-state index contributed by atoms with van der Waals surface area (Å²) in [6.45, 7) is 0.497. The summed E-state index contributed by atoms with van der Waals surface area (Å²) < 4.78 is 0. The van der Waals surface area contributed by atoms with Crippen molar-refractivity contribution in [1.82, 2.24) is 5.32 Å². The second kappa shape index (κ2) is 8.82. The molecule has 0 aliphatic rings. The Bertz CT molecular complexity index is 422. The summed E-state index contributed by atoms with van der Waals surface area (Å²) in [4.78, 5) is 21.8. The van der Waals surface area contributed by atoms with Gasteiger partial charge in [0, 0.05) is 23.7 Å². The number of aryl methyl sites for hydroxylation is 1. The number of nitrogens with one attached hydrogen (secondary N) is 1. The number of thioether (sulfide) groups is 1. The molecule has 2 N–H and O–H groups in total. The predicted octanol–water partition coefficient (Wildman–Crippen LogP) is 2.21. The highest BCUT2D eigenvalue weighted by molar-refractivity contribution is 7.99. The number of aliphatic carboxylic acids is 1. The first-order valence-corrected chi connectivity index (χ1v) is 7.42. The molecule has 0 aliphatic carbocycles. The van der Waals surface area contributed by atoms with Crippen molar-refractivity contribution >= 4 is 35.2 Å². The van der Waals surface area contributed by atoms with Crippen molar-refractivity contribution in [3.8, 4) is 0 Å². The van der Waals surface area contributed by atoms with Gasteiger partial charge in [0.05, 0.1) is 5.75 Å². The Balaban J connectivity index is 2.11. The minimum absolute atomic E-state index is 0.0223. The molecule has 0 spiro atoms. The van der Waals surface area contributed by atoms with Gasteiger partial charge >= 0.3 is 5.97 Å². The molecule has 0 aliphatic heterocycles. The molecule has 0 bridgehead atoms. The Morgan fingerprint density at radius 3 is 2.58 bits per heavy atom. The van der Waals surface area contributed by atoms with Crippen molar-refractivity contribution in [1.29, 1.82) is 0 Å². The van der Waals surface area contributed by atoms with E-state index in [9.17, 15) is 9.59 Å². The van der Waals surface area contributed by atoms with E-state index in [-0.39, 0.29) is 11.7 Å². The van der Waals surface area contributed by atoms with Gasteiger partial charge in [-0.05, 0) is 24.1 Å². The molecular weight excluding hydrogens is 286 g/mol. The number of hydrogen-bond donors (Lipinski definition) is 2. The maximum atomic E-state index is 11.5. The Labute approximate surface area is 121 Å². The Kier molecular flexibility index (Phi) is 7.36. The first kappa shape index (κ1) is 15.9. The fourth-order valence-corrected chi connectivity index (χ4v) is 2.11. The number of halogens is 1. The minimum Gasteiger partial charge on any atom is -0.481 e. The Hall–Kier alpha value is -1.20. The Morgan fingerprint density at radius 1 is 1.26 bits per heavy atom. The van der Waals surface area contributed by atoms with Crippen molar-refractivity contribution in [2.45, 2.75) is 12.8 Å². The molecule has 6 heteroatoms. The van der Waals surface area contributed by atoms with Crippen LogP contribution in [0.3, 0.4) is 0 Å². The predicted molar refractivity (Wildman–Crippen MR) is 77.7 cm³/mol. The van der Waals surface area contributed by atoms with Crippen LogP contribution in [-0.4, -0.2) is 35.0 Å². The quantitative estimate of drug-likeness (QED) is 0.723. The van der Waals surface area contributed by atoms with Gasteiger partial charge in [-0.1, -0.05) is 23.7 Å². The molecule has 0 aromatic heterocycles. The number of carboxylic acids is 1. The molecule has 0 radical (unpaired) electrons. The average molecular weight is 302 g/mol. The lowest BCUT2D eigenvalue weighted by atomic mass is 10.1. The highest BCUT2D eigenvalue weighted by atomic mass is 35.5. The third-order valence-corrected chi connectivity index (χ3v) is 3.54. The molecule has 104 valence electrons. The highest BCUT2D eigenvalue weighted by Crippen LogP contribution is 2.10. The van der Waals surface area contributed by atoms with E-state index in [1.54, 1.807) is 12.1 Å². The molecule has 0 heterocycles.